The molecule has 1 aliphatic heterocycles. The Morgan fingerprint density at radius 1 is 1.67 bits per heavy atom. The minimum Gasteiger partial charge on any atom is -0.381 e. The summed E-state index contributed by atoms with van der Waals surface area (Å²) in [4.78, 5) is 10.9. The Kier molecular flexibility index (Phi) is 4.08. The van der Waals surface area contributed by atoms with E-state index in [9.17, 15) is 4.79 Å². The van der Waals surface area contributed by atoms with Gasteiger partial charge in [-0.1, -0.05) is 6.92 Å². The number of carbonyl (C=O) groups excluding carboxylic acids is 1. The Labute approximate surface area is 73.5 Å². The van der Waals surface area contributed by atoms with Crippen LogP contribution >= 0.6 is 0 Å². The fraction of sp³-hybridized carbons (Fsp3) is 0.889. The maximum absolute atomic E-state index is 10.9. The minimum absolute atomic E-state index is 0.139. The summed E-state index contributed by atoms with van der Waals surface area (Å²) in [7, 11) is 0. The topological polar surface area (TPSA) is 38.3 Å². The van der Waals surface area contributed by atoms with Gasteiger partial charge in [0.1, 0.15) is 0 Å². The van der Waals surface area contributed by atoms with Crippen LogP contribution in [0, 0.1) is 5.92 Å². The van der Waals surface area contributed by atoms with Crippen LogP contribution in [-0.2, 0) is 9.53 Å². The lowest BCUT2D eigenvalue weighted by Gasteiger charge is -2.21. The number of nitrogens with one attached hydrogen (secondary N) is 1. The molecule has 3 heteroatoms. The number of rotatable bonds is 3. The van der Waals surface area contributed by atoms with E-state index in [-0.39, 0.29) is 5.91 Å². The van der Waals surface area contributed by atoms with E-state index in [1.54, 1.807) is 0 Å². The zero-order valence-corrected chi connectivity index (χ0v) is 7.64. The first kappa shape index (κ1) is 9.52. The number of hydrogen-bond acceptors (Lipinski definition) is 2. The van der Waals surface area contributed by atoms with Gasteiger partial charge in [-0.2, -0.15) is 0 Å². The molecule has 0 bridgehead atoms. The van der Waals surface area contributed by atoms with Gasteiger partial charge in [-0.25, -0.2) is 0 Å². The highest BCUT2D eigenvalue weighted by molar-refractivity contribution is 5.75. The average molecular weight is 171 g/mol. The zero-order valence-electron chi connectivity index (χ0n) is 7.64. The molecule has 0 aromatic heterocycles. The molecule has 0 aromatic carbocycles. The van der Waals surface area contributed by atoms with E-state index in [2.05, 4.69) is 5.32 Å². The molecule has 1 N–H and O–H groups in total. The first-order chi connectivity index (χ1) is 5.83. The van der Waals surface area contributed by atoms with Crippen molar-refractivity contribution in [3.05, 3.63) is 0 Å². The molecule has 1 aliphatic rings. The second kappa shape index (κ2) is 5.14. The van der Waals surface area contributed by atoms with Crippen molar-refractivity contribution >= 4 is 5.91 Å². The molecular formula is C9H17NO2. The van der Waals surface area contributed by atoms with Crippen LogP contribution in [0.25, 0.3) is 0 Å². The molecule has 1 unspecified atom stereocenters. The average Bonchev–Trinajstić information content (AvgIpc) is 2.16. The molecule has 1 fully saturated rings. The molecule has 70 valence electrons. The third-order valence-electron chi connectivity index (χ3n) is 2.16. The Balaban J connectivity index is 2.09. The fourth-order valence-electron chi connectivity index (χ4n) is 1.35. The standard InChI is InChI=1S/C9H17NO2/c1-2-9(11)10-6-8-4-3-5-12-7-8/h8H,2-7H2,1H3,(H,10,11). The van der Waals surface area contributed by atoms with Crippen LogP contribution < -0.4 is 5.32 Å². The molecule has 0 saturated carbocycles. The molecular weight excluding hydrogens is 154 g/mol. The second-order valence-corrected chi connectivity index (χ2v) is 3.24. The summed E-state index contributed by atoms with van der Waals surface area (Å²) < 4.78 is 5.30. The number of ether oxygens (including phenoxy) is 1. The predicted molar refractivity (Wildman–Crippen MR) is 46.8 cm³/mol. The molecule has 1 heterocycles. The summed E-state index contributed by atoms with van der Waals surface area (Å²) in [6.07, 6.45) is 2.89. The number of carbonyl (C=O) groups is 1. The first-order valence-corrected chi connectivity index (χ1v) is 4.67. The van der Waals surface area contributed by atoms with Crippen molar-refractivity contribution in [2.45, 2.75) is 26.2 Å². The Morgan fingerprint density at radius 3 is 3.08 bits per heavy atom. The van der Waals surface area contributed by atoms with Crippen LogP contribution in [0.4, 0.5) is 0 Å². The SMILES string of the molecule is CCC(=O)NCC1CCCOC1. The highest BCUT2D eigenvalue weighted by Gasteiger charge is 2.13. The Bertz CT molecular complexity index is 141. The lowest BCUT2D eigenvalue weighted by Crippen LogP contribution is -2.32. The van der Waals surface area contributed by atoms with Gasteiger partial charge in [-0.3, -0.25) is 4.79 Å². The van der Waals surface area contributed by atoms with Crippen LogP contribution in [0.5, 0.6) is 0 Å². The summed E-state index contributed by atoms with van der Waals surface area (Å²) in [6.45, 7) is 4.35. The molecule has 1 atom stereocenters. The van der Waals surface area contributed by atoms with E-state index in [4.69, 9.17) is 4.74 Å². The van der Waals surface area contributed by atoms with Gasteiger partial charge in [0, 0.05) is 19.6 Å². The number of hydrogen-bond donors (Lipinski definition) is 1. The molecule has 12 heavy (non-hydrogen) atoms. The smallest absolute Gasteiger partial charge is 0.219 e. The molecule has 1 saturated heterocycles. The summed E-state index contributed by atoms with van der Waals surface area (Å²) in [6, 6.07) is 0. The van der Waals surface area contributed by atoms with Gasteiger partial charge < -0.3 is 10.1 Å². The highest BCUT2D eigenvalue weighted by atomic mass is 16.5. The van der Waals surface area contributed by atoms with Crippen molar-refractivity contribution in [1.29, 1.82) is 0 Å². The van der Waals surface area contributed by atoms with Gasteiger partial charge in [0.25, 0.3) is 0 Å². The third-order valence-corrected chi connectivity index (χ3v) is 2.16. The molecule has 1 amide bonds. The van der Waals surface area contributed by atoms with Gasteiger partial charge in [-0.15, -0.1) is 0 Å². The Hall–Kier alpha value is -0.570. The summed E-state index contributed by atoms with van der Waals surface area (Å²) in [5.41, 5.74) is 0. The Morgan fingerprint density at radius 2 is 2.50 bits per heavy atom. The van der Waals surface area contributed by atoms with Crippen molar-refractivity contribution in [2.24, 2.45) is 5.92 Å². The maximum atomic E-state index is 10.9. The zero-order chi connectivity index (χ0) is 8.81. The monoisotopic (exact) mass is 171 g/mol. The maximum Gasteiger partial charge on any atom is 0.219 e. The van der Waals surface area contributed by atoms with Gasteiger partial charge >= 0.3 is 0 Å². The second-order valence-electron chi connectivity index (χ2n) is 3.24. The minimum atomic E-state index is 0.139. The summed E-state index contributed by atoms with van der Waals surface area (Å²) >= 11 is 0. The normalized spacial score (nSPS) is 23.6. The van der Waals surface area contributed by atoms with Crippen molar-refractivity contribution in [1.82, 2.24) is 5.32 Å². The molecule has 0 aromatic rings. The van der Waals surface area contributed by atoms with E-state index in [0.29, 0.717) is 12.3 Å². The van der Waals surface area contributed by atoms with E-state index < -0.39 is 0 Å². The highest BCUT2D eigenvalue weighted by Crippen LogP contribution is 2.11. The van der Waals surface area contributed by atoms with E-state index in [0.717, 1.165) is 26.2 Å². The van der Waals surface area contributed by atoms with E-state index >= 15 is 0 Å². The van der Waals surface area contributed by atoms with Crippen molar-refractivity contribution in [3.63, 3.8) is 0 Å². The van der Waals surface area contributed by atoms with E-state index in [1.807, 2.05) is 6.92 Å². The first-order valence-electron chi connectivity index (χ1n) is 4.67. The van der Waals surface area contributed by atoms with Crippen LogP contribution in [0.1, 0.15) is 26.2 Å². The number of amides is 1. The van der Waals surface area contributed by atoms with Crippen LogP contribution in [0.15, 0.2) is 0 Å². The predicted octanol–water partition coefficient (Wildman–Crippen LogP) is 0.939. The van der Waals surface area contributed by atoms with Crippen molar-refractivity contribution in [3.8, 4) is 0 Å². The van der Waals surface area contributed by atoms with Crippen molar-refractivity contribution < 1.29 is 9.53 Å². The quantitative estimate of drug-likeness (QED) is 0.686. The van der Waals surface area contributed by atoms with Crippen LogP contribution in [-0.4, -0.2) is 25.7 Å². The van der Waals surface area contributed by atoms with Crippen LogP contribution in [0.2, 0.25) is 0 Å². The lowest BCUT2D eigenvalue weighted by molar-refractivity contribution is -0.121. The van der Waals surface area contributed by atoms with E-state index in [1.165, 1.54) is 6.42 Å². The molecule has 1 rings (SSSR count). The summed E-state index contributed by atoms with van der Waals surface area (Å²) in [5.74, 6) is 0.676. The van der Waals surface area contributed by atoms with Gasteiger partial charge in [0.05, 0.1) is 6.61 Å². The third kappa shape index (κ3) is 3.22. The van der Waals surface area contributed by atoms with Crippen molar-refractivity contribution in [2.75, 3.05) is 19.8 Å². The molecule has 0 spiro atoms. The molecule has 3 nitrogen and oxygen atoms in total. The summed E-state index contributed by atoms with van der Waals surface area (Å²) in [5, 5.41) is 2.88. The lowest BCUT2D eigenvalue weighted by atomic mass is 10.0. The van der Waals surface area contributed by atoms with Crippen LogP contribution in [0.3, 0.4) is 0 Å². The fourth-order valence-corrected chi connectivity index (χ4v) is 1.35. The largest absolute Gasteiger partial charge is 0.381 e. The molecule has 0 radical (unpaired) electrons. The molecule has 0 aliphatic carbocycles. The van der Waals surface area contributed by atoms with Gasteiger partial charge in [0.2, 0.25) is 5.91 Å². The van der Waals surface area contributed by atoms with Gasteiger partial charge in [0.15, 0.2) is 0 Å². The van der Waals surface area contributed by atoms with Gasteiger partial charge in [-0.05, 0) is 18.8 Å².